The Labute approximate surface area is 187 Å². The van der Waals surface area contributed by atoms with E-state index in [2.05, 4.69) is 42.0 Å². The van der Waals surface area contributed by atoms with Crippen LogP contribution in [0.5, 0.6) is 0 Å². The van der Waals surface area contributed by atoms with Crippen molar-refractivity contribution in [1.82, 2.24) is 25.3 Å². The van der Waals surface area contributed by atoms with Crippen molar-refractivity contribution >= 4 is 28.7 Å². The van der Waals surface area contributed by atoms with Gasteiger partial charge in [-0.2, -0.15) is 0 Å². The van der Waals surface area contributed by atoms with Gasteiger partial charge in [0.2, 0.25) is 5.95 Å². The van der Waals surface area contributed by atoms with Gasteiger partial charge in [-0.15, -0.1) is 0 Å². The quantitative estimate of drug-likeness (QED) is 0.600. The summed E-state index contributed by atoms with van der Waals surface area (Å²) in [6.07, 6.45) is 12.5. The first-order chi connectivity index (χ1) is 15.2. The number of aliphatic imine (C=N–C) groups is 1. The molecule has 5 rings (SSSR count). The van der Waals surface area contributed by atoms with Gasteiger partial charge in [0.1, 0.15) is 5.82 Å². The fourth-order valence-electron chi connectivity index (χ4n) is 4.01. The molecule has 0 radical (unpaired) electrons. The van der Waals surface area contributed by atoms with Crippen molar-refractivity contribution < 1.29 is 0 Å². The number of amidine groups is 1. The van der Waals surface area contributed by atoms with Crippen LogP contribution in [0, 0.1) is 6.92 Å². The van der Waals surface area contributed by atoms with Crippen molar-refractivity contribution in [1.29, 1.82) is 0 Å². The number of aryl methyl sites for hydroxylation is 1. The lowest BCUT2D eigenvalue weighted by molar-refractivity contribution is 0.460. The number of anilines is 2. The fourth-order valence-corrected chi connectivity index (χ4v) is 4.98. The maximum atomic E-state index is 4.82. The zero-order chi connectivity index (χ0) is 21.0. The number of thioether (sulfide) groups is 1. The molecular weight excluding hydrogens is 408 g/mol. The van der Waals surface area contributed by atoms with E-state index in [0.29, 0.717) is 18.6 Å². The largest absolute Gasteiger partial charge is 0.351 e. The Morgan fingerprint density at radius 1 is 1.00 bits per heavy atom. The highest BCUT2D eigenvalue weighted by Gasteiger charge is 2.25. The minimum atomic E-state index is 0.186. The van der Waals surface area contributed by atoms with E-state index in [4.69, 9.17) is 4.98 Å². The van der Waals surface area contributed by atoms with Gasteiger partial charge in [0.05, 0.1) is 35.6 Å². The third-order valence-electron chi connectivity index (χ3n) is 5.89. The van der Waals surface area contributed by atoms with Gasteiger partial charge < -0.3 is 16.0 Å². The number of nitrogens with one attached hydrogen (secondary N) is 3. The summed E-state index contributed by atoms with van der Waals surface area (Å²) < 4.78 is 0. The number of rotatable bonds is 7. The number of aromatic nitrogens is 4. The molecule has 1 unspecified atom stereocenters. The predicted octanol–water partition coefficient (Wildman–Crippen LogP) is 3.83. The summed E-state index contributed by atoms with van der Waals surface area (Å²) in [4.78, 5) is 23.1. The summed E-state index contributed by atoms with van der Waals surface area (Å²) in [7, 11) is 0. The van der Waals surface area contributed by atoms with Crippen LogP contribution in [0.25, 0.3) is 0 Å². The van der Waals surface area contributed by atoms with Crippen LogP contribution >= 0.6 is 11.8 Å². The second-order valence-corrected chi connectivity index (χ2v) is 9.85. The molecule has 2 fully saturated rings. The Balaban J connectivity index is 1.17. The average Bonchev–Trinajstić information content (AvgIpc) is 3.50. The molecule has 9 heteroatoms. The van der Waals surface area contributed by atoms with E-state index in [9.17, 15) is 0 Å². The van der Waals surface area contributed by atoms with Gasteiger partial charge >= 0.3 is 0 Å². The number of hydrogen-bond acceptors (Lipinski definition) is 9. The first-order valence-electron chi connectivity index (χ1n) is 11.4. The lowest BCUT2D eigenvalue weighted by Gasteiger charge is -2.23. The van der Waals surface area contributed by atoms with Crippen LogP contribution < -0.4 is 16.0 Å². The van der Waals surface area contributed by atoms with Crippen molar-refractivity contribution in [3.63, 3.8) is 0 Å². The molecule has 31 heavy (non-hydrogen) atoms. The Morgan fingerprint density at radius 3 is 2.65 bits per heavy atom. The van der Waals surface area contributed by atoms with Crippen LogP contribution in [-0.2, 0) is 6.54 Å². The van der Waals surface area contributed by atoms with E-state index < -0.39 is 0 Å². The normalized spacial score (nSPS) is 21.7. The molecule has 164 valence electrons. The molecule has 2 aliphatic carbocycles. The first-order valence-corrected chi connectivity index (χ1v) is 12.2. The average molecular weight is 439 g/mol. The Morgan fingerprint density at radius 2 is 1.87 bits per heavy atom. The molecule has 3 N–H and O–H groups in total. The van der Waals surface area contributed by atoms with Gasteiger partial charge in [0.25, 0.3) is 0 Å². The molecule has 0 spiro atoms. The second kappa shape index (κ2) is 9.48. The molecule has 0 aromatic carbocycles. The van der Waals surface area contributed by atoms with Crippen LogP contribution in [0.2, 0.25) is 0 Å². The van der Waals surface area contributed by atoms with Crippen molar-refractivity contribution in [2.45, 2.75) is 75.7 Å². The molecule has 2 saturated carbocycles. The maximum absolute atomic E-state index is 4.82. The monoisotopic (exact) mass is 438 g/mol. The smallest absolute Gasteiger partial charge is 0.223 e. The molecule has 3 aliphatic rings. The molecule has 8 nitrogen and oxygen atoms in total. The van der Waals surface area contributed by atoms with Crippen LogP contribution in [0.3, 0.4) is 0 Å². The zero-order valence-corrected chi connectivity index (χ0v) is 18.8. The van der Waals surface area contributed by atoms with Gasteiger partial charge in [-0.05, 0) is 38.7 Å². The number of nitrogens with zero attached hydrogens (tertiary/aromatic N) is 5. The number of hydrogen-bond donors (Lipinski definition) is 3. The highest BCUT2D eigenvalue weighted by molar-refractivity contribution is 8.14. The third kappa shape index (κ3) is 5.71. The summed E-state index contributed by atoms with van der Waals surface area (Å²) in [6.45, 7) is 3.51. The summed E-state index contributed by atoms with van der Waals surface area (Å²) >= 11 is 1.69. The topological polar surface area (TPSA) is 100 Å². The van der Waals surface area contributed by atoms with E-state index in [1.54, 1.807) is 18.0 Å². The minimum Gasteiger partial charge on any atom is -0.351 e. The van der Waals surface area contributed by atoms with Gasteiger partial charge in [0, 0.05) is 24.3 Å². The van der Waals surface area contributed by atoms with E-state index in [1.807, 2.05) is 13.1 Å². The lowest BCUT2D eigenvalue weighted by atomic mass is 9.96. The SMILES string of the molecule is Cc1cc(C2CN=C(Nc3cnc(CNC4CC4)cn3)S2)nc(NC2CCCCC2)n1. The maximum Gasteiger partial charge on any atom is 0.223 e. The Hall–Kier alpha value is -2.26. The van der Waals surface area contributed by atoms with Gasteiger partial charge in [-0.1, -0.05) is 31.0 Å². The molecule has 2 aromatic heterocycles. The summed E-state index contributed by atoms with van der Waals surface area (Å²) in [5, 5.41) is 11.4. The van der Waals surface area contributed by atoms with Gasteiger partial charge in [-0.25, -0.2) is 15.0 Å². The molecule has 0 saturated heterocycles. The van der Waals surface area contributed by atoms with Crippen molar-refractivity contribution in [2.24, 2.45) is 4.99 Å². The molecule has 0 amide bonds. The van der Waals surface area contributed by atoms with Crippen molar-refractivity contribution in [3.8, 4) is 0 Å². The lowest BCUT2D eigenvalue weighted by Crippen LogP contribution is -2.24. The third-order valence-corrected chi connectivity index (χ3v) is 7.02. The molecule has 3 heterocycles. The molecule has 0 bridgehead atoms. The zero-order valence-electron chi connectivity index (χ0n) is 18.0. The van der Waals surface area contributed by atoms with E-state index in [0.717, 1.165) is 40.6 Å². The Bertz CT molecular complexity index is 922. The molecule has 1 aliphatic heterocycles. The van der Waals surface area contributed by atoms with Gasteiger partial charge in [-0.3, -0.25) is 9.98 Å². The Kier molecular flexibility index (Phi) is 6.31. The molecule has 1 atom stereocenters. The minimum absolute atomic E-state index is 0.186. The van der Waals surface area contributed by atoms with E-state index >= 15 is 0 Å². The highest BCUT2D eigenvalue weighted by Crippen LogP contribution is 2.35. The van der Waals surface area contributed by atoms with Gasteiger partial charge in [0.15, 0.2) is 5.17 Å². The fraction of sp³-hybridized carbons (Fsp3) is 0.591. The van der Waals surface area contributed by atoms with E-state index in [1.165, 1.54) is 44.9 Å². The summed E-state index contributed by atoms with van der Waals surface area (Å²) in [6, 6.07) is 3.24. The van der Waals surface area contributed by atoms with Crippen molar-refractivity contribution in [2.75, 3.05) is 17.2 Å². The second-order valence-electron chi connectivity index (χ2n) is 8.66. The summed E-state index contributed by atoms with van der Waals surface area (Å²) in [5.74, 6) is 1.48. The predicted molar refractivity (Wildman–Crippen MR) is 125 cm³/mol. The molecular formula is C22H30N8S. The van der Waals surface area contributed by atoms with Crippen molar-refractivity contribution in [3.05, 3.63) is 35.5 Å². The standard InChI is InChI=1S/C22H30N8S/c1-14-9-18(29-21(27-14)28-16-5-3-2-4-6-16)19-12-26-22(31-19)30-20-13-24-17(11-25-20)10-23-15-7-8-15/h9,11,13,15-16,19,23H,2-8,10,12H2,1H3,(H,25,26,30)(H,27,28,29). The first kappa shape index (κ1) is 20.6. The van der Waals surface area contributed by atoms with Crippen LogP contribution in [-0.4, -0.2) is 43.7 Å². The van der Waals surface area contributed by atoms with E-state index in [-0.39, 0.29) is 5.25 Å². The van der Waals surface area contributed by atoms with Crippen LogP contribution in [0.4, 0.5) is 11.8 Å². The molecule has 2 aromatic rings. The van der Waals surface area contributed by atoms with Crippen LogP contribution in [0.1, 0.15) is 67.3 Å². The van der Waals surface area contributed by atoms with Crippen LogP contribution in [0.15, 0.2) is 23.5 Å². The summed E-state index contributed by atoms with van der Waals surface area (Å²) in [5.41, 5.74) is 2.99. The highest BCUT2D eigenvalue weighted by atomic mass is 32.2.